The first-order valence-electron chi connectivity index (χ1n) is 7.71. The number of H-pyrrole nitrogens is 1. The van der Waals surface area contributed by atoms with E-state index in [0.29, 0.717) is 6.61 Å². The minimum atomic E-state index is 0.636. The summed E-state index contributed by atoms with van der Waals surface area (Å²) in [5.41, 5.74) is 3.17. The first-order valence-corrected chi connectivity index (χ1v) is 7.71. The summed E-state index contributed by atoms with van der Waals surface area (Å²) in [5.74, 6) is 1.71. The van der Waals surface area contributed by atoms with Gasteiger partial charge in [-0.25, -0.2) is 0 Å². The maximum absolute atomic E-state index is 6.13. The Morgan fingerprint density at radius 2 is 1.83 bits per heavy atom. The van der Waals surface area contributed by atoms with Crippen LogP contribution >= 0.6 is 0 Å². The van der Waals surface area contributed by atoms with Crippen molar-refractivity contribution in [1.29, 1.82) is 0 Å². The fourth-order valence-electron chi connectivity index (χ4n) is 2.56. The molecule has 0 unspecified atom stereocenters. The number of hydrogen-bond donors (Lipinski definition) is 1. The molecule has 0 atom stereocenters. The molecule has 0 aliphatic heterocycles. The molecular formula is C19H22N2O2. The smallest absolute Gasteiger partial charge is 0.152 e. The quantitative estimate of drug-likeness (QED) is 0.753. The molecule has 0 spiro atoms. The Bertz CT molecular complexity index is 779. The lowest BCUT2D eigenvalue weighted by Gasteiger charge is -2.12. The Morgan fingerprint density at radius 1 is 1.04 bits per heavy atom. The van der Waals surface area contributed by atoms with Crippen molar-refractivity contribution in [1.82, 2.24) is 9.88 Å². The Kier molecular flexibility index (Phi) is 4.53. The molecule has 1 aromatic heterocycles. The first kappa shape index (κ1) is 15.4. The summed E-state index contributed by atoms with van der Waals surface area (Å²) < 4.78 is 11.5. The molecular weight excluding hydrogens is 288 g/mol. The van der Waals surface area contributed by atoms with Gasteiger partial charge < -0.3 is 19.4 Å². The average molecular weight is 310 g/mol. The van der Waals surface area contributed by atoms with Gasteiger partial charge in [0.15, 0.2) is 5.75 Å². The zero-order valence-corrected chi connectivity index (χ0v) is 13.8. The van der Waals surface area contributed by atoms with Crippen molar-refractivity contribution in [3.8, 4) is 22.8 Å². The Balaban J connectivity index is 2.06. The van der Waals surface area contributed by atoms with Crippen LogP contribution in [-0.2, 0) is 0 Å². The third kappa shape index (κ3) is 3.32. The summed E-state index contributed by atoms with van der Waals surface area (Å²) in [6.07, 6.45) is 0. The summed E-state index contributed by atoms with van der Waals surface area (Å²) in [6.45, 7) is 1.50. The van der Waals surface area contributed by atoms with Gasteiger partial charge >= 0.3 is 0 Å². The summed E-state index contributed by atoms with van der Waals surface area (Å²) in [7, 11) is 5.76. The van der Waals surface area contributed by atoms with Gasteiger partial charge in [0.25, 0.3) is 0 Å². The van der Waals surface area contributed by atoms with E-state index in [4.69, 9.17) is 9.47 Å². The Labute approximate surface area is 136 Å². The van der Waals surface area contributed by atoms with E-state index in [0.717, 1.165) is 40.2 Å². The number of nitrogens with zero attached hydrogens (tertiary/aromatic N) is 1. The van der Waals surface area contributed by atoms with Crippen LogP contribution in [0.15, 0.2) is 48.5 Å². The number of benzene rings is 2. The fraction of sp³-hybridized carbons (Fsp3) is 0.263. The van der Waals surface area contributed by atoms with E-state index in [2.05, 4.69) is 22.0 Å². The third-order valence-electron chi connectivity index (χ3n) is 3.81. The van der Waals surface area contributed by atoms with E-state index in [1.54, 1.807) is 7.11 Å². The molecule has 120 valence electrons. The number of aromatic amines is 1. The number of rotatable bonds is 6. The van der Waals surface area contributed by atoms with Gasteiger partial charge in [-0.2, -0.15) is 0 Å². The van der Waals surface area contributed by atoms with Crippen molar-refractivity contribution in [2.75, 3.05) is 34.4 Å². The molecule has 23 heavy (non-hydrogen) atoms. The van der Waals surface area contributed by atoms with Crippen LogP contribution in [0.2, 0.25) is 0 Å². The summed E-state index contributed by atoms with van der Waals surface area (Å²) >= 11 is 0. The zero-order valence-electron chi connectivity index (χ0n) is 13.8. The van der Waals surface area contributed by atoms with Crippen LogP contribution in [0.4, 0.5) is 0 Å². The molecule has 4 heteroatoms. The predicted octanol–water partition coefficient (Wildman–Crippen LogP) is 3.78. The monoisotopic (exact) mass is 310 g/mol. The van der Waals surface area contributed by atoms with Gasteiger partial charge in [-0.1, -0.05) is 30.3 Å². The van der Waals surface area contributed by atoms with Crippen LogP contribution in [0, 0.1) is 0 Å². The van der Waals surface area contributed by atoms with Crippen molar-refractivity contribution in [3.63, 3.8) is 0 Å². The largest absolute Gasteiger partial charge is 0.497 e. The number of hydrogen-bond acceptors (Lipinski definition) is 3. The van der Waals surface area contributed by atoms with Crippen molar-refractivity contribution in [2.45, 2.75) is 0 Å². The minimum absolute atomic E-state index is 0.636. The maximum atomic E-state index is 6.13. The number of fused-ring (bicyclic) bond motifs is 1. The molecule has 0 amide bonds. The second-order valence-corrected chi connectivity index (χ2v) is 5.76. The normalized spacial score (nSPS) is 11.1. The number of ether oxygens (including phenoxy) is 2. The average Bonchev–Trinajstić information content (AvgIpc) is 2.93. The molecule has 4 nitrogen and oxygen atoms in total. The lowest BCUT2D eigenvalue weighted by molar-refractivity contribution is 0.264. The highest BCUT2D eigenvalue weighted by Crippen LogP contribution is 2.38. The molecule has 1 N–H and O–H groups in total. The molecule has 0 fully saturated rings. The molecule has 0 saturated carbocycles. The lowest BCUT2D eigenvalue weighted by Crippen LogP contribution is -2.19. The summed E-state index contributed by atoms with van der Waals surface area (Å²) in [6, 6.07) is 16.2. The van der Waals surface area contributed by atoms with Gasteiger partial charge in [-0.05, 0) is 32.3 Å². The standard InChI is InChI=1S/C19H22N2O2/c1-21(2)11-12-23-19-16-13-15(22-3)9-10-17(16)20-18(19)14-7-5-4-6-8-14/h4-10,13,20H,11-12H2,1-3H3. The van der Waals surface area contributed by atoms with Gasteiger partial charge in [0.1, 0.15) is 12.4 Å². The summed E-state index contributed by atoms with van der Waals surface area (Å²) in [5, 5.41) is 1.04. The number of methoxy groups -OCH3 is 1. The van der Waals surface area contributed by atoms with E-state index >= 15 is 0 Å². The van der Waals surface area contributed by atoms with Crippen molar-refractivity contribution < 1.29 is 9.47 Å². The molecule has 1 heterocycles. The first-order chi connectivity index (χ1) is 11.2. The highest BCUT2D eigenvalue weighted by molar-refractivity contribution is 5.95. The number of likely N-dealkylation sites (N-methyl/N-ethyl adjacent to an activating group) is 1. The molecule has 0 radical (unpaired) electrons. The predicted molar refractivity (Wildman–Crippen MR) is 94.3 cm³/mol. The van der Waals surface area contributed by atoms with E-state index in [9.17, 15) is 0 Å². The van der Waals surface area contributed by atoms with Crippen LogP contribution < -0.4 is 9.47 Å². The zero-order chi connectivity index (χ0) is 16.2. The summed E-state index contributed by atoms with van der Waals surface area (Å²) in [4.78, 5) is 5.58. The van der Waals surface area contributed by atoms with Crippen molar-refractivity contribution in [3.05, 3.63) is 48.5 Å². The van der Waals surface area contributed by atoms with E-state index in [1.807, 2.05) is 50.5 Å². The topological polar surface area (TPSA) is 37.5 Å². The van der Waals surface area contributed by atoms with Crippen LogP contribution in [0.25, 0.3) is 22.2 Å². The number of nitrogens with one attached hydrogen (secondary N) is 1. The maximum Gasteiger partial charge on any atom is 0.152 e. The van der Waals surface area contributed by atoms with Gasteiger partial charge in [-0.15, -0.1) is 0 Å². The van der Waals surface area contributed by atoms with E-state index < -0.39 is 0 Å². The van der Waals surface area contributed by atoms with Crippen LogP contribution in [0.3, 0.4) is 0 Å². The molecule has 3 rings (SSSR count). The molecule has 0 saturated heterocycles. The van der Waals surface area contributed by atoms with Gasteiger partial charge in [0.05, 0.1) is 12.8 Å². The molecule has 3 aromatic rings. The molecule has 0 aliphatic carbocycles. The van der Waals surface area contributed by atoms with Gasteiger partial charge in [0.2, 0.25) is 0 Å². The van der Waals surface area contributed by atoms with Crippen LogP contribution in [0.1, 0.15) is 0 Å². The van der Waals surface area contributed by atoms with E-state index in [-0.39, 0.29) is 0 Å². The SMILES string of the molecule is COc1ccc2[nH]c(-c3ccccc3)c(OCCN(C)C)c2c1. The molecule has 2 aromatic carbocycles. The lowest BCUT2D eigenvalue weighted by atomic mass is 10.1. The highest BCUT2D eigenvalue weighted by atomic mass is 16.5. The number of aromatic nitrogens is 1. The third-order valence-corrected chi connectivity index (χ3v) is 3.81. The van der Waals surface area contributed by atoms with Crippen molar-refractivity contribution in [2.24, 2.45) is 0 Å². The van der Waals surface area contributed by atoms with Crippen molar-refractivity contribution >= 4 is 10.9 Å². The van der Waals surface area contributed by atoms with Gasteiger partial charge in [-0.3, -0.25) is 0 Å². The highest BCUT2D eigenvalue weighted by Gasteiger charge is 2.15. The van der Waals surface area contributed by atoms with E-state index in [1.165, 1.54) is 0 Å². The molecule has 0 aliphatic rings. The Morgan fingerprint density at radius 3 is 2.52 bits per heavy atom. The van der Waals surface area contributed by atoms with Gasteiger partial charge in [0, 0.05) is 23.0 Å². The Hall–Kier alpha value is -2.46. The van der Waals surface area contributed by atoms with Crippen LogP contribution in [0.5, 0.6) is 11.5 Å². The fourth-order valence-corrected chi connectivity index (χ4v) is 2.56. The second kappa shape index (κ2) is 6.75. The minimum Gasteiger partial charge on any atom is -0.497 e. The second-order valence-electron chi connectivity index (χ2n) is 5.76. The molecule has 0 bridgehead atoms. The van der Waals surface area contributed by atoms with Crippen LogP contribution in [-0.4, -0.2) is 44.2 Å².